The van der Waals surface area contributed by atoms with Gasteiger partial charge in [-0.25, -0.2) is 8.77 Å². The van der Waals surface area contributed by atoms with Gasteiger partial charge in [0.1, 0.15) is 14.1 Å². The van der Waals surface area contributed by atoms with Gasteiger partial charge in [-0.2, -0.15) is 8.42 Å². The number of fused-ring (bicyclic) bond motifs is 1. The number of hydrogen-bond donors (Lipinski definition) is 1. The molecule has 6 nitrogen and oxygen atoms in total. The molecule has 0 unspecified atom stereocenters. The van der Waals surface area contributed by atoms with Crippen LogP contribution in [0, 0.1) is 0 Å². The molecule has 2 heterocycles. The fourth-order valence-corrected chi connectivity index (χ4v) is 6.14. The molecule has 0 radical (unpaired) electrons. The lowest BCUT2D eigenvalue weighted by molar-refractivity contribution is 0.0528. The zero-order chi connectivity index (χ0) is 21.4. The summed E-state index contributed by atoms with van der Waals surface area (Å²) >= 11 is 12.8. The minimum absolute atomic E-state index is 0.0617. The Kier molecular flexibility index (Phi) is 6.19. The monoisotopic (exact) mass is 474 g/mol. The van der Waals surface area contributed by atoms with Crippen LogP contribution in [0.25, 0.3) is 10.9 Å². The number of aromatic nitrogens is 1. The molecule has 0 aliphatic carbocycles. The second kappa shape index (κ2) is 8.18. The average Bonchev–Trinajstić information content (AvgIpc) is 3.15. The van der Waals surface area contributed by atoms with E-state index in [0.29, 0.717) is 18.5 Å². The molecule has 2 aromatic heterocycles. The highest BCUT2D eigenvalue weighted by atomic mass is 35.5. The summed E-state index contributed by atoms with van der Waals surface area (Å²) in [4.78, 5) is 11.8. The molecular formula is C19H20Cl2N2O4S2. The molecule has 0 saturated heterocycles. The van der Waals surface area contributed by atoms with Crippen LogP contribution in [0.1, 0.15) is 26.3 Å². The largest absolute Gasteiger partial charge is 0.444 e. The van der Waals surface area contributed by atoms with E-state index in [0.717, 1.165) is 22.3 Å². The molecule has 0 bridgehead atoms. The molecule has 10 heteroatoms. The Labute approximate surface area is 183 Å². The van der Waals surface area contributed by atoms with Crippen molar-refractivity contribution in [2.75, 3.05) is 6.54 Å². The topological polar surface area (TPSA) is 77.4 Å². The summed E-state index contributed by atoms with van der Waals surface area (Å²) in [5.74, 6) is 0. The van der Waals surface area contributed by atoms with Gasteiger partial charge in [-0.15, -0.1) is 11.3 Å². The smallest absolute Gasteiger partial charge is 0.407 e. The molecular weight excluding hydrogens is 455 g/mol. The zero-order valence-corrected chi connectivity index (χ0v) is 19.2. The van der Waals surface area contributed by atoms with Crippen LogP contribution in [-0.4, -0.2) is 30.6 Å². The lowest BCUT2D eigenvalue weighted by Gasteiger charge is -2.19. The van der Waals surface area contributed by atoms with Crippen LogP contribution in [0.2, 0.25) is 9.36 Å². The molecule has 0 aliphatic rings. The third kappa shape index (κ3) is 4.88. The van der Waals surface area contributed by atoms with Crippen molar-refractivity contribution >= 4 is 61.6 Å². The predicted molar refractivity (Wildman–Crippen MR) is 117 cm³/mol. The van der Waals surface area contributed by atoms with Crippen molar-refractivity contribution in [2.24, 2.45) is 0 Å². The van der Waals surface area contributed by atoms with Gasteiger partial charge in [0.25, 0.3) is 10.0 Å². The van der Waals surface area contributed by atoms with Crippen LogP contribution in [-0.2, 0) is 21.2 Å². The molecule has 0 atom stereocenters. The number of nitrogens with zero attached hydrogens (tertiary/aromatic N) is 1. The van der Waals surface area contributed by atoms with Crippen molar-refractivity contribution in [1.29, 1.82) is 0 Å². The maximum Gasteiger partial charge on any atom is 0.407 e. The van der Waals surface area contributed by atoms with Gasteiger partial charge in [-0.05, 0) is 44.9 Å². The zero-order valence-electron chi connectivity index (χ0n) is 16.0. The molecule has 0 saturated carbocycles. The SMILES string of the molecule is CC(C)(C)OC(=O)NCCc1cn(S(=O)(=O)c2cc(Cl)c(Cl)s2)c2ccccc12. The first-order chi connectivity index (χ1) is 13.5. The van der Waals surface area contributed by atoms with Gasteiger partial charge >= 0.3 is 6.09 Å². The van der Waals surface area contributed by atoms with Gasteiger partial charge in [0.15, 0.2) is 0 Å². The first kappa shape index (κ1) is 22.0. The van der Waals surface area contributed by atoms with E-state index < -0.39 is 21.7 Å². The van der Waals surface area contributed by atoms with E-state index in [4.69, 9.17) is 27.9 Å². The van der Waals surface area contributed by atoms with Gasteiger partial charge < -0.3 is 10.1 Å². The lowest BCUT2D eigenvalue weighted by Crippen LogP contribution is -2.33. The van der Waals surface area contributed by atoms with Crippen molar-refractivity contribution in [1.82, 2.24) is 9.29 Å². The summed E-state index contributed by atoms with van der Waals surface area (Å²) in [6.45, 7) is 5.66. The number of halogens is 2. The highest BCUT2D eigenvalue weighted by molar-refractivity contribution is 7.92. The van der Waals surface area contributed by atoms with Crippen LogP contribution in [0.4, 0.5) is 4.79 Å². The summed E-state index contributed by atoms with van der Waals surface area (Å²) in [6.07, 6.45) is 1.49. The van der Waals surface area contributed by atoms with Crippen LogP contribution in [0.5, 0.6) is 0 Å². The minimum atomic E-state index is -3.86. The van der Waals surface area contributed by atoms with Gasteiger partial charge in [0.2, 0.25) is 0 Å². The van der Waals surface area contributed by atoms with Crippen LogP contribution < -0.4 is 5.32 Å². The number of rotatable bonds is 5. The fourth-order valence-electron chi connectivity index (χ4n) is 2.78. The van der Waals surface area contributed by atoms with Crippen LogP contribution in [0.3, 0.4) is 0 Å². The quantitative estimate of drug-likeness (QED) is 0.542. The number of ether oxygens (including phenoxy) is 1. The Bertz CT molecular complexity index is 1140. The summed E-state index contributed by atoms with van der Waals surface area (Å²) < 4.78 is 33.0. The number of para-hydroxylation sites is 1. The molecule has 29 heavy (non-hydrogen) atoms. The first-order valence-electron chi connectivity index (χ1n) is 8.75. The third-order valence-electron chi connectivity index (χ3n) is 3.96. The number of benzene rings is 1. The number of amides is 1. The van der Waals surface area contributed by atoms with Crippen molar-refractivity contribution in [3.05, 3.63) is 51.5 Å². The van der Waals surface area contributed by atoms with Crippen molar-refractivity contribution in [2.45, 2.75) is 37.0 Å². The average molecular weight is 475 g/mol. The first-order valence-corrected chi connectivity index (χ1v) is 11.8. The molecule has 0 aliphatic heterocycles. The van der Waals surface area contributed by atoms with Crippen molar-refractivity contribution in [3.63, 3.8) is 0 Å². The lowest BCUT2D eigenvalue weighted by atomic mass is 10.1. The Hall–Kier alpha value is -1.74. The second-order valence-electron chi connectivity index (χ2n) is 7.34. The summed E-state index contributed by atoms with van der Waals surface area (Å²) in [7, 11) is -3.86. The van der Waals surface area contributed by atoms with Crippen LogP contribution in [0.15, 0.2) is 40.7 Å². The van der Waals surface area contributed by atoms with Crippen molar-refractivity contribution < 1.29 is 17.9 Å². The number of carbonyl (C=O) groups is 1. The number of hydrogen-bond acceptors (Lipinski definition) is 5. The van der Waals surface area contributed by atoms with E-state index in [1.807, 2.05) is 12.1 Å². The number of nitrogens with one attached hydrogen (secondary N) is 1. The maximum absolute atomic E-state index is 13.1. The summed E-state index contributed by atoms with van der Waals surface area (Å²) in [5, 5.41) is 3.68. The van der Waals surface area contributed by atoms with Gasteiger partial charge in [0.05, 0.1) is 10.5 Å². The molecule has 1 amide bonds. The molecule has 1 aromatic carbocycles. The Balaban J connectivity index is 1.89. The fraction of sp³-hybridized carbons (Fsp3) is 0.316. The highest BCUT2D eigenvalue weighted by Crippen LogP contribution is 2.36. The summed E-state index contributed by atoms with van der Waals surface area (Å²) in [5.41, 5.74) is 0.742. The van der Waals surface area contributed by atoms with E-state index >= 15 is 0 Å². The molecule has 156 valence electrons. The predicted octanol–water partition coefficient (Wildman–Crippen LogP) is 5.31. The van der Waals surface area contributed by atoms with E-state index in [9.17, 15) is 13.2 Å². The molecule has 3 aromatic rings. The molecule has 3 rings (SSSR count). The number of thiophene rings is 1. The van der Waals surface area contributed by atoms with E-state index in [1.54, 1.807) is 39.1 Å². The van der Waals surface area contributed by atoms with Crippen LogP contribution >= 0.6 is 34.5 Å². The second-order valence-corrected chi connectivity index (χ2v) is 11.4. The van der Waals surface area contributed by atoms with Gasteiger partial charge in [0, 0.05) is 18.1 Å². The maximum atomic E-state index is 13.1. The normalized spacial score (nSPS) is 12.3. The number of alkyl carbamates (subject to hydrolysis) is 1. The Morgan fingerprint density at radius 1 is 1.24 bits per heavy atom. The van der Waals surface area contributed by atoms with E-state index in [1.165, 1.54) is 10.0 Å². The van der Waals surface area contributed by atoms with Crippen molar-refractivity contribution in [3.8, 4) is 0 Å². The molecule has 1 N–H and O–H groups in total. The minimum Gasteiger partial charge on any atom is -0.444 e. The van der Waals surface area contributed by atoms with Gasteiger partial charge in [-0.3, -0.25) is 0 Å². The standard InChI is InChI=1S/C19H20Cl2N2O4S2/c1-19(2,3)27-18(24)22-9-8-12-11-23(15-7-5-4-6-13(12)15)29(25,26)16-10-14(20)17(21)28-16/h4-7,10-11H,8-9H2,1-3H3,(H,22,24). The highest BCUT2D eigenvalue weighted by Gasteiger charge is 2.24. The Morgan fingerprint density at radius 3 is 2.55 bits per heavy atom. The Morgan fingerprint density at radius 2 is 1.93 bits per heavy atom. The number of carbonyl (C=O) groups excluding carboxylic acids is 1. The van der Waals surface area contributed by atoms with E-state index in [2.05, 4.69) is 5.32 Å². The third-order valence-corrected chi connectivity index (χ3v) is 7.95. The summed E-state index contributed by atoms with van der Waals surface area (Å²) in [6, 6.07) is 8.53. The molecule has 0 spiro atoms. The van der Waals surface area contributed by atoms with Gasteiger partial charge in [-0.1, -0.05) is 41.4 Å². The van der Waals surface area contributed by atoms with E-state index in [-0.39, 0.29) is 13.6 Å². The molecule has 0 fully saturated rings.